The fraction of sp³-hybridized carbons (Fsp3) is 0.364. The molecule has 0 radical (unpaired) electrons. The van der Waals surface area contributed by atoms with Crippen LogP contribution in [0.4, 0.5) is 0 Å². The molecule has 0 aliphatic heterocycles. The summed E-state index contributed by atoms with van der Waals surface area (Å²) in [4.78, 5) is 15.6. The summed E-state index contributed by atoms with van der Waals surface area (Å²) in [7, 11) is 1.42. The summed E-state index contributed by atoms with van der Waals surface area (Å²) < 4.78 is 0. The van der Waals surface area contributed by atoms with Crippen molar-refractivity contribution in [3.8, 4) is 0 Å². The molecule has 1 aromatic rings. The van der Waals surface area contributed by atoms with E-state index in [0.29, 0.717) is 6.42 Å². The van der Waals surface area contributed by atoms with Gasteiger partial charge in [-0.1, -0.05) is 29.8 Å². The number of hydroxylamine groups is 1. The second-order valence-corrected chi connectivity index (χ2v) is 3.58. The van der Waals surface area contributed by atoms with Crippen LogP contribution < -0.4 is 5.48 Å². The number of hydrogen-bond donors (Lipinski definition) is 1. The highest BCUT2D eigenvalue weighted by Gasteiger charge is 2.02. The molecule has 0 saturated heterocycles. The summed E-state index contributed by atoms with van der Waals surface area (Å²) in [5, 5.41) is 0.754. The Labute approximate surface area is 94.3 Å². The molecule has 3 nitrogen and oxygen atoms in total. The normalized spacial score (nSPS) is 10.0. The van der Waals surface area contributed by atoms with Crippen LogP contribution in [0.15, 0.2) is 24.3 Å². The van der Waals surface area contributed by atoms with E-state index in [0.717, 1.165) is 23.4 Å². The molecule has 0 saturated carbocycles. The second kappa shape index (κ2) is 6.43. The van der Waals surface area contributed by atoms with Gasteiger partial charge in [0.2, 0.25) is 5.91 Å². The molecule has 1 aromatic carbocycles. The molecule has 1 N–H and O–H groups in total. The van der Waals surface area contributed by atoms with Gasteiger partial charge in [-0.15, -0.1) is 0 Å². The van der Waals surface area contributed by atoms with Crippen LogP contribution >= 0.6 is 11.6 Å². The Hall–Kier alpha value is -1.06. The summed E-state index contributed by atoms with van der Waals surface area (Å²) in [6.07, 6.45) is 2.01. The number of rotatable bonds is 5. The van der Waals surface area contributed by atoms with Crippen molar-refractivity contribution < 1.29 is 9.63 Å². The van der Waals surface area contributed by atoms with Crippen molar-refractivity contribution in [1.82, 2.24) is 5.48 Å². The fourth-order valence-electron chi connectivity index (χ4n) is 1.31. The zero-order valence-electron chi connectivity index (χ0n) is 8.63. The lowest BCUT2D eigenvalue weighted by Gasteiger charge is -2.04. The molecule has 0 aliphatic rings. The van der Waals surface area contributed by atoms with E-state index < -0.39 is 0 Å². The lowest BCUT2D eigenvalue weighted by molar-refractivity contribution is -0.131. The van der Waals surface area contributed by atoms with Gasteiger partial charge < -0.3 is 0 Å². The number of hydrogen-bond acceptors (Lipinski definition) is 2. The van der Waals surface area contributed by atoms with Crippen LogP contribution in [0.5, 0.6) is 0 Å². The van der Waals surface area contributed by atoms with Gasteiger partial charge in [-0.2, -0.15) is 0 Å². The highest BCUT2D eigenvalue weighted by molar-refractivity contribution is 6.31. The van der Waals surface area contributed by atoms with Gasteiger partial charge in [0.25, 0.3) is 0 Å². The van der Waals surface area contributed by atoms with E-state index in [-0.39, 0.29) is 5.91 Å². The van der Waals surface area contributed by atoms with Crippen molar-refractivity contribution in [2.45, 2.75) is 19.3 Å². The first-order valence-corrected chi connectivity index (χ1v) is 5.17. The summed E-state index contributed by atoms with van der Waals surface area (Å²) in [5.41, 5.74) is 3.35. The molecule has 0 atom stereocenters. The Bertz CT molecular complexity index is 328. The molecule has 0 aliphatic carbocycles. The second-order valence-electron chi connectivity index (χ2n) is 3.17. The Kier molecular flexibility index (Phi) is 5.15. The van der Waals surface area contributed by atoms with Crippen LogP contribution in [-0.4, -0.2) is 13.0 Å². The minimum atomic E-state index is -0.107. The Balaban J connectivity index is 2.32. The van der Waals surface area contributed by atoms with Gasteiger partial charge in [-0.3, -0.25) is 9.63 Å². The molecule has 15 heavy (non-hydrogen) atoms. The van der Waals surface area contributed by atoms with E-state index in [1.807, 2.05) is 24.3 Å². The van der Waals surface area contributed by atoms with E-state index in [4.69, 9.17) is 11.6 Å². The molecule has 0 unspecified atom stereocenters. The number of halogens is 1. The first kappa shape index (κ1) is 12.0. The standard InChI is InChI=1S/C11H14ClNO2/c1-15-13-11(14)8-4-6-9-5-2-3-7-10(9)12/h2-3,5,7H,4,6,8H2,1H3,(H,13,14). The minimum Gasteiger partial charge on any atom is -0.277 e. The summed E-state index contributed by atoms with van der Waals surface area (Å²) in [6, 6.07) is 7.66. The third kappa shape index (κ3) is 4.32. The molecule has 1 rings (SSSR count). The maximum atomic E-state index is 11.0. The zero-order valence-corrected chi connectivity index (χ0v) is 9.38. The van der Waals surface area contributed by atoms with Crippen molar-refractivity contribution in [3.05, 3.63) is 34.9 Å². The van der Waals surface area contributed by atoms with E-state index in [9.17, 15) is 4.79 Å². The number of aryl methyl sites for hydroxylation is 1. The largest absolute Gasteiger partial charge is 0.277 e. The van der Waals surface area contributed by atoms with Crippen molar-refractivity contribution in [2.75, 3.05) is 7.11 Å². The average Bonchev–Trinajstić information content (AvgIpc) is 2.21. The van der Waals surface area contributed by atoms with Gasteiger partial charge >= 0.3 is 0 Å². The molecular formula is C11H14ClNO2. The smallest absolute Gasteiger partial charge is 0.243 e. The SMILES string of the molecule is CONC(=O)CCCc1ccccc1Cl. The molecule has 0 aromatic heterocycles. The number of nitrogens with one attached hydrogen (secondary N) is 1. The predicted molar refractivity (Wildman–Crippen MR) is 59.5 cm³/mol. The average molecular weight is 228 g/mol. The van der Waals surface area contributed by atoms with Crippen molar-refractivity contribution in [2.24, 2.45) is 0 Å². The van der Waals surface area contributed by atoms with E-state index in [2.05, 4.69) is 10.3 Å². The topological polar surface area (TPSA) is 38.3 Å². The molecule has 0 spiro atoms. The lowest BCUT2D eigenvalue weighted by atomic mass is 10.1. The van der Waals surface area contributed by atoms with E-state index in [1.54, 1.807) is 0 Å². The predicted octanol–water partition coefficient (Wildman–Crippen LogP) is 2.34. The summed E-state index contributed by atoms with van der Waals surface area (Å²) in [5.74, 6) is -0.107. The van der Waals surface area contributed by atoms with Gasteiger partial charge in [0, 0.05) is 11.4 Å². The monoisotopic (exact) mass is 227 g/mol. The first-order chi connectivity index (χ1) is 7.24. The third-order valence-electron chi connectivity index (χ3n) is 2.02. The van der Waals surface area contributed by atoms with Crippen molar-refractivity contribution in [3.63, 3.8) is 0 Å². The Morgan fingerprint density at radius 3 is 2.87 bits per heavy atom. The Morgan fingerprint density at radius 2 is 2.20 bits per heavy atom. The number of carbonyl (C=O) groups excluding carboxylic acids is 1. The molecule has 0 fully saturated rings. The van der Waals surface area contributed by atoms with Crippen LogP contribution in [0.1, 0.15) is 18.4 Å². The molecule has 1 amide bonds. The quantitative estimate of drug-likeness (QED) is 0.785. The minimum absolute atomic E-state index is 0.107. The van der Waals surface area contributed by atoms with Gasteiger partial charge in [0.1, 0.15) is 0 Å². The van der Waals surface area contributed by atoms with Crippen LogP contribution in [0, 0.1) is 0 Å². The maximum absolute atomic E-state index is 11.0. The van der Waals surface area contributed by atoms with Crippen LogP contribution in [-0.2, 0) is 16.1 Å². The van der Waals surface area contributed by atoms with Gasteiger partial charge in [-0.05, 0) is 24.5 Å². The maximum Gasteiger partial charge on any atom is 0.243 e. The van der Waals surface area contributed by atoms with Crippen LogP contribution in [0.3, 0.4) is 0 Å². The highest BCUT2D eigenvalue weighted by Crippen LogP contribution is 2.16. The van der Waals surface area contributed by atoms with Crippen molar-refractivity contribution in [1.29, 1.82) is 0 Å². The molecular weight excluding hydrogens is 214 g/mol. The molecule has 0 bridgehead atoms. The molecule has 0 heterocycles. The number of carbonyl (C=O) groups is 1. The number of benzene rings is 1. The summed E-state index contributed by atoms with van der Waals surface area (Å²) >= 11 is 5.98. The summed E-state index contributed by atoms with van der Waals surface area (Å²) in [6.45, 7) is 0. The number of amides is 1. The molecule has 82 valence electrons. The van der Waals surface area contributed by atoms with Gasteiger partial charge in [-0.25, -0.2) is 5.48 Å². The third-order valence-corrected chi connectivity index (χ3v) is 2.39. The van der Waals surface area contributed by atoms with Gasteiger partial charge in [0.05, 0.1) is 7.11 Å². The van der Waals surface area contributed by atoms with Crippen LogP contribution in [0.2, 0.25) is 5.02 Å². The first-order valence-electron chi connectivity index (χ1n) is 4.79. The van der Waals surface area contributed by atoms with E-state index in [1.165, 1.54) is 7.11 Å². The molecule has 4 heteroatoms. The highest BCUT2D eigenvalue weighted by atomic mass is 35.5. The lowest BCUT2D eigenvalue weighted by Crippen LogP contribution is -2.21. The van der Waals surface area contributed by atoms with Crippen LogP contribution in [0.25, 0.3) is 0 Å². The zero-order chi connectivity index (χ0) is 11.1. The Morgan fingerprint density at radius 1 is 1.47 bits per heavy atom. The van der Waals surface area contributed by atoms with E-state index >= 15 is 0 Å². The van der Waals surface area contributed by atoms with Crippen molar-refractivity contribution >= 4 is 17.5 Å². The van der Waals surface area contributed by atoms with Gasteiger partial charge in [0.15, 0.2) is 0 Å². The fourth-order valence-corrected chi connectivity index (χ4v) is 1.54.